The van der Waals surface area contributed by atoms with Crippen molar-refractivity contribution in [1.29, 1.82) is 0 Å². The van der Waals surface area contributed by atoms with E-state index in [2.05, 4.69) is 13.5 Å². The number of aromatic nitrogens is 2. The van der Waals surface area contributed by atoms with Crippen molar-refractivity contribution in [1.82, 2.24) is 9.97 Å². The van der Waals surface area contributed by atoms with Crippen LogP contribution < -0.4 is 3.53 Å². The van der Waals surface area contributed by atoms with Gasteiger partial charge < -0.3 is 3.53 Å². The summed E-state index contributed by atoms with van der Waals surface area (Å²) in [6.45, 7) is 0. The highest BCUT2D eigenvalue weighted by Gasteiger charge is 2.03. The van der Waals surface area contributed by atoms with Crippen LogP contribution in [0.3, 0.4) is 0 Å². The molecule has 1 N–H and O–H groups in total. The van der Waals surface area contributed by atoms with Crippen LogP contribution in [0.15, 0.2) is 12.3 Å². The lowest BCUT2D eigenvalue weighted by molar-refractivity contribution is 0.111. The molecule has 0 aliphatic rings. The van der Waals surface area contributed by atoms with E-state index in [0.29, 0.717) is 5.69 Å². The topological polar surface area (TPSA) is 54.9 Å². The Bertz CT molecular complexity index is 456. The summed E-state index contributed by atoms with van der Waals surface area (Å²) in [4.78, 5) is 18.6. The van der Waals surface area contributed by atoms with Gasteiger partial charge in [-0.15, -0.1) is 0 Å². The van der Waals surface area contributed by atoms with Gasteiger partial charge in [0.2, 0.25) is 0 Å². The summed E-state index contributed by atoms with van der Waals surface area (Å²) in [7, 11) is 0. The SMILES string of the molecule is O=Cc1cc2sc(NI)nc2cn1. The first-order valence-electron chi connectivity index (χ1n) is 3.42. The molecule has 2 aromatic rings. The average molecular weight is 305 g/mol. The Morgan fingerprint density at radius 1 is 1.62 bits per heavy atom. The van der Waals surface area contributed by atoms with Gasteiger partial charge in [0.05, 0.1) is 33.8 Å². The quantitative estimate of drug-likeness (QED) is 0.525. The van der Waals surface area contributed by atoms with Crippen LogP contribution in [0.2, 0.25) is 0 Å². The molecule has 0 aliphatic carbocycles. The van der Waals surface area contributed by atoms with Crippen LogP contribution in [-0.2, 0) is 0 Å². The van der Waals surface area contributed by atoms with Gasteiger partial charge in [0.25, 0.3) is 0 Å². The van der Waals surface area contributed by atoms with E-state index in [9.17, 15) is 4.79 Å². The fourth-order valence-electron chi connectivity index (χ4n) is 0.952. The molecule has 0 atom stereocenters. The van der Waals surface area contributed by atoms with Crippen molar-refractivity contribution in [2.75, 3.05) is 3.53 Å². The molecule has 0 bridgehead atoms. The molecule has 0 fully saturated rings. The van der Waals surface area contributed by atoms with Gasteiger partial charge in [0.15, 0.2) is 11.4 Å². The Labute approximate surface area is 91.9 Å². The Morgan fingerprint density at radius 2 is 2.46 bits per heavy atom. The van der Waals surface area contributed by atoms with Gasteiger partial charge in [0, 0.05) is 0 Å². The molecule has 6 heteroatoms. The third-order valence-corrected chi connectivity index (χ3v) is 3.31. The molecule has 0 spiro atoms. The predicted octanol–water partition coefficient (Wildman–Crippen LogP) is 2.27. The zero-order valence-electron chi connectivity index (χ0n) is 6.32. The fraction of sp³-hybridized carbons (Fsp3) is 0. The molecule has 2 aromatic heterocycles. The normalized spacial score (nSPS) is 10.2. The molecule has 0 saturated heterocycles. The molecular weight excluding hydrogens is 301 g/mol. The third kappa shape index (κ3) is 1.63. The molecule has 2 rings (SSSR count). The number of carbonyl (C=O) groups excluding carboxylic acids is 1. The maximum absolute atomic E-state index is 10.4. The van der Waals surface area contributed by atoms with Crippen LogP contribution in [0.1, 0.15) is 10.5 Å². The smallest absolute Gasteiger partial charge is 0.192 e. The van der Waals surface area contributed by atoms with Gasteiger partial charge in [-0.25, -0.2) is 4.98 Å². The van der Waals surface area contributed by atoms with Gasteiger partial charge in [-0.1, -0.05) is 11.3 Å². The fourth-order valence-corrected chi connectivity index (χ4v) is 2.18. The molecule has 0 aliphatic heterocycles. The average Bonchev–Trinajstić information content (AvgIpc) is 2.58. The minimum atomic E-state index is 0.441. The summed E-state index contributed by atoms with van der Waals surface area (Å²) in [5, 5.41) is 0.820. The maximum atomic E-state index is 10.4. The van der Waals surface area contributed by atoms with Crippen LogP contribution in [0.25, 0.3) is 10.2 Å². The molecule has 4 nitrogen and oxygen atoms in total. The van der Waals surface area contributed by atoms with E-state index in [1.807, 2.05) is 22.9 Å². The van der Waals surface area contributed by atoms with Gasteiger partial charge >= 0.3 is 0 Å². The molecule has 66 valence electrons. The summed E-state index contributed by atoms with van der Waals surface area (Å²) in [5.74, 6) is 0. The van der Waals surface area contributed by atoms with Crippen molar-refractivity contribution in [2.24, 2.45) is 0 Å². The lowest BCUT2D eigenvalue weighted by Gasteiger charge is -1.87. The predicted molar refractivity (Wildman–Crippen MR) is 60.4 cm³/mol. The minimum absolute atomic E-state index is 0.441. The second-order valence-electron chi connectivity index (χ2n) is 2.31. The van der Waals surface area contributed by atoms with E-state index >= 15 is 0 Å². The highest BCUT2D eigenvalue weighted by atomic mass is 127. The Balaban J connectivity index is 2.63. The molecule has 0 saturated carbocycles. The number of hydrogen-bond donors (Lipinski definition) is 1. The number of thiazole rings is 1. The van der Waals surface area contributed by atoms with E-state index in [4.69, 9.17) is 0 Å². The second-order valence-corrected chi connectivity index (χ2v) is 3.88. The van der Waals surface area contributed by atoms with E-state index in [1.165, 1.54) is 11.3 Å². The first kappa shape index (κ1) is 8.82. The molecule has 0 amide bonds. The van der Waals surface area contributed by atoms with Gasteiger partial charge in [-0.05, 0) is 6.07 Å². The summed E-state index contributed by atoms with van der Waals surface area (Å²) in [6, 6.07) is 1.73. The monoisotopic (exact) mass is 305 g/mol. The summed E-state index contributed by atoms with van der Waals surface area (Å²) < 4.78 is 3.88. The highest BCUT2D eigenvalue weighted by Crippen LogP contribution is 2.26. The number of halogens is 1. The third-order valence-electron chi connectivity index (χ3n) is 1.50. The number of hydrogen-bond acceptors (Lipinski definition) is 5. The van der Waals surface area contributed by atoms with E-state index < -0.39 is 0 Å². The zero-order chi connectivity index (χ0) is 9.26. The first-order chi connectivity index (χ1) is 6.33. The number of nitrogens with zero attached hydrogens (tertiary/aromatic N) is 2. The number of aldehydes is 1. The lowest BCUT2D eigenvalue weighted by Crippen LogP contribution is -1.83. The van der Waals surface area contributed by atoms with Crippen molar-refractivity contribution in [3.63, 3.8) is 0 Å². The van der Waals surface area contributed by atoms with Crippen LogP contribution in [0, 0.1) is 0 Å². The molecule has 0 unspecified atom stereocenters. The van der Waals surface area contributed by atoms with Crippen molar-refractivity contribution in [3.8, 4) is 0 Å². The number of fused-ring (bicyclic) bond motifs is 1. The van der Waals surface area contributed by atoms with Gasteiger partial charge in [-0.2, -0.15) is 0 Å². The van der Waals surface area contributed by atoms with Crippen LogP contribution in [0.4, 0.5) is 5.13 Å². The maximum Gasteiger partial charge on any atom is 0.192 e. The first-order valence-corrected chi connectivity index (χ1v) is 5.31. The van der Waals surface area contributed by atoms with Crippen LogP contribution >= 0.6 is 34.2 Å². The van der Waals surface area contributed by atoms with Crippen molar-refractivity contribution in [2.45, 2.75) is 0 Å². The summed E-state index contributed by atoms with van der Waals surface area (Å²) in [5.41, 5.74) is 1.26. The molecule has 13 heavy (non-hydrogen) atoms. The highest BCUT2D eigenvalue weighted by molar-refractivity contribution is 14.1. The van der Waals surface area contributed by atoms with Gasteiger partial charge in [-0.3, -0.25) is 9.78 Å². The molecular formula is C7H4IN3OS. The Hall–Kier alpha value is -0.760. The Kier molecular flexibility index (Phi) is 2.40. The van der Waals surface area contributed by atoms with Crippen molar-refractivity contribution in [3.05, 3.63) is 18.0 Å². The largest absolute Gasteiger partial charge is 0.304 e. The number of carbonyl (C=O) groups is 1. The number of rotatable bonds is 2. The summed E-state index contributed by atoms with van der Waals surface area (Å²) in [6.07, 6.45) is 2.34. The molecule has 2 heterocycles. The van der Waals surface area contributed by atoms with Crippen molar-refractivity contribution >= 4 is 55.8 Å². The number of anilines is 1. The Morgan fingerprint density at radius 3 is 3.15 bits per heavy atom. The zero-order valence-corrected chi connectivity index (χ0v) is 9.29. The standard InChI is InChI=1S/C7H4IN3OS/c8-11-7-10-5-2-9-4(3-12)1-6(5)13-7/h1-3H,(H,10,11). The summed E-state index contributed by atoms with van der Waals surface area (Å²) >= 11 is 3.51. The van der Waals surface area contributed by atoms with E-state index in [0.717, 1.165) is 21.6 Å². The lowest BCUT2D eigenvalue weighted by atomic mass is 10.4. The van der Waals surface area contributed by atoms with Gasteiger partial charge in [0.1, 0.15) is 11.2 Å². The molecule has 0 aromatic carbocycles. The second kappa shape index (κ2) is 3.54. The number of nitrogens with one attached hydrogen (secondary N) is 1. The molecule has 0 radical (unpaired) electrons. The minimum Gasteiger partial charge on any atom is -0.304 e. The van der Waals surface area contributed by atoms with E-state index in [-0.39, 0.29) is 0 Å². The van der Waals surface area contributed by atoms with Crippen LogP contribution in [0.5, 0.6) is 0 Å². The van der Waals surface area contributed by atoms with Crippen LogP contribution in [-0.4, -0.2) is 16.3 Å². The van der Waals surface area contributed by atoms with E-state index in [1.54, 1.807) is 12.3 Å². The van der Waals surface area contributed by atoms with Crippen molar-refractivity contribution < 1.29 is 4.79 Å². The number of pyridine rings is 1.